The standard InChI is InChI=1S/C25H24N4O3/c1-25-14-13-22(31)29(25)20-11-3-2-9-18(20)24(32)28(25)16-6-12-21(30)27-19-10-4-7-17-8-5-15-26-23(17)19/h2-5,7-11,15H,6,12-14,16H2,1H3,(H,27,30)/t25-/m1/s1. The van der Waals surface area contributed by atoms with Gasteiger partial charge in [0.2, 0.25) is 11.8 Å². The van der Waals surface area contributed by atoms with Crippen LogP contribution in [0.25, 0.3) is 10.9 Å². The third-order valence-electron chi connectivity index (χ3n) is 6.44. The summed E-state index contributed by atoms with van der Waals surface area (Å²) < 4.78 is 0. The zero-order valence-corrected chi connectivity index (χ0v) is 17.9. The van der Waals surface area contributed by atoms with Crippen LogP contribution >= 0.6 is 0 Å². The topological polar surface area (TPSA) is 82.6 Å². The highest BCUT2D eigenvalue weighted by Gasteiger charge is 2.52. The Bertz CT molecular complexity index is 1240. The van der Waals surface area contributed by atoms with Crippen molar-refractivity contribution in [2.75, 3.05) is 16.8 Å². The maximum absolute atomic E-state index is 13.3. The van der Waals surface area contributed by atoms with Crippen molar-refractivity contribution in [1.82, 2.24) is 9.88 Å². The minimum atomic E-state index is -0.696. The van der Waals surface area contributed by atoms with Crippen LogP contribution in [0.4, 0.5) is 11.4 Å². The summed E-state index contributed by atoms with van der Waals surface area (Å²) in [7, 11) is 0. The second-order valence-electron chi connectivity index (χ2n) is 8.45. The van der Waals surface area contributed by atoms with Crippen molar-refractivity contribution in [2.45, 2.75) is 38.3 Å². The zero-order chi connectivity index (χ0) is 22.3. The van der Waals surface area contributed by atoms with E-state index in [9.17, 15) is 14.4 Å². The quantitative estimate of drug-likeness (QED) is 0.667. The number of para-hydroxylation sites is 2. The van der Waals surface area contributed by atoms with Gasteiger partial charge >= 0.3 is 0 Å². The van der Waals surface area contributed by atoms with Gasteiger partial charge in [-0.1, -0.05) is 30.3 Å². The van der Waals surface area contributed by atoms with E-state index in [0.717, 1.165) is 10.9 Å². The molecule has 0 spiro atoms. The van der Waals surface area contributed by atoms with Crippen molar-refractivity contribution in [1.29, 1.82) is 0 Å². The minimum Gasteiger partial charge on any atom is -0.324 e. The fourth-order valence-electron chi connectivity index (χ4n) is 4.86. The van der Waals surface area contributed by atoms with Gasteiger partial charge in [-0.2, -0.15) is 0 Å². The SMILES string of the molecule is C[C@]12CCC(=O)N1c1ccccc1C(=O)N2CCCC(=O)Nc1cccc2cccnc12. The first-order chi connectivity index (χ1) is 15.5. The highest BCUT2D eigenvalue weighted by Crippen LogP contribution is 2.44. The molecule has 7 nitrogen and oxygen atoms in total. The number of hydrogen-bond acceptors (Lipinski definition) is 4. The summed E-state index contributed by atoms with van der Waals surface area (Å²) in [5, 5.41) is 3.90. The molecule has 2 aliphatic rings. The Morgan fingerprint density at radius 3 is 2.78 bits per heavy atom. The van der Waals surface area contributed by atoms with Gasteiger partial charge in [0.1, 0.15) is 5.66 Å². The fourth-order valence-corrected chi connectivity index (χ4v) is 4.86. The number of fused-ring (bicyclic) bond motifs is 4. The van der Waals surface area contributed by atoms with Crippen LogP contribution in [0, 0.1) is 0 Å². The molecule has 2 aromatic carbocycles. The van der Waals surface area contributed by atoms with Crippen molar-refractivity contribution >= 4 is 40.0 Å². The first-order valence-corrected chi connectivity index (χ1v) is 10.9. The Hall–Kier alpha value is -3.74. The predicted octanol–water partition coefficient (Wildman–Crippen LogP) is 3.95. The first-order valence-electron chi connectivity index (χ1n) is 10.9. The van der Waals surface area contributed by atoms with Gasteiger partial charge < -0.3 is 10.2 Å². The van der Waals surface area contributed by atoms with E-state index in [1.54, 1.807) is 22.1 Å². The summed E-state index contributed by atoms with van der Waals surface area (Å²) >= 11 is 0. The maximum Gasteiger partial charge on any atom is 0.257 e. The van der Waals surface area contributed by atoms with E-state index >= 15 is 0 Å². The van der Waals surface area contributed by atoms with E-state index in [1.807, 2.05) is 55.5 Å². The molecule has 1 aromatic heterocycles. The molecule has 32 heavy (non-hydrogen) atoms. The molecule has 3 heterocycles. The molecular weight excluding hydrogens is 404 g/mol. The lowest BCUT2D eigenvalue weighted by atomic mass is 9.98. The van der Waals surface area contributed by atoms with E-state index in [1.165, 1.54) is 0 Å². The third-order valence-corrected chi connectivity index (χ3v) is 6.44. The summed E-state index contributed by atoms with van der Waals surface area (Å²) in [5.41, 5.74) is 1.94. The van der Waals surface area contributed by atoms with Gasteiger partial charge in [-0.3, -0.25) is 24.3 Å². The lowest BCUT2D eigenvalue weighted by molar-refractivity contribution is -0.118. The molecule has 0 saturated carbocycles. The van der Waals surface area contributed by atoms with Crippen LogP contribution in [0.3, 0.4) is 0 Å². The number of anilines is 2. The first kappa shape index (κ1) is 20.2. The monoisotopic (exact) mass is 428 g/mol. The number of rotatable bonds is 5. The van der Waals surface area contributed by atoms with Gasteiger partial charge in [0.15, 0.2) is 0 Å². The summed E-state index contributed by atoms with van der Waals surface area (Å²) in [6.07, 6.45) is 3.45. The summed E-state index contributed by atoms with van der Waals surface area (Å²) in [6.45, 7) is 2.34. The van der Waals surface area contributed by atoms with Crippen LogP contribution in [-0.4, -0.2) is 39.8 Å². The minimum absolute atomic E-state index is 0.0265. The Balaban J connectivity index is 1.30. The molecule has 1 atom stereocenters. The molecule has 1 saturated heterocycles. The van der Waals surface area contributed by atoms with Gasteiger partial charge in [-0.15, -0.1) is 0 Å². The highest BCUT2D eigenvalue weighted by atomic mass is 16.2. The second kappa shape index (κ2) is 7.75. The van der Waals surface area contributed by atoms with Crippen LogP contribution < -0.4 is 10.2 Å². The molecule has 0 radical (unpaired) electrons. The van der Waals surface area contributed by atoms with Crippen molar-refractivity contribution in [3.05, 3.63) is 66.4 Å². The number of benzene rings is 2. The Kier molecular flexibility index (Phi) is 4.89. The number of pyridine rings is 1. The van der Waals surface area contributed by atoms with Gasteiger partial charge in [0, 0.05) is 31.0 Å². The molecule has 5 rings (SSSR count). The highest BCUT2D eigenvalue weighted by molar-refractivity contribution is 6.10. The number of carbonyl (C=O) groups excluding carboxylic acids is 3. The van der Waals surface area contributed by atoms with Gasteiger partial charge in [-0.25, -0.2) is 0 Å². The number of carbonyl (C=O) groups is 3. The maximum atomic E-state index is 13.3. The molecule has 2 aliphatic heterocycles. The largest absolute Gasteiger partial charge is 0.324 e. The van der Waals surface area contributed by atoms with E-state index in [0.29, 0.717) is 42.7 Å². The molecule has 0 unspecified atom stereocenters. The summed E-state index contributed by atoms with van der Waals surface area (Å²) in [4.78, 5) is 46.4. The molecule has 7 heteroatoms. The molecular formula is C25H24N4O3. The normalized spacial score (nSPS) is 19.8. The lowest BCUT2D eigenvalue weighted by Gasteiger charge is -2.48. The molecule has 0 bridgehead atoms. The van der Waals surface area contributed by atoms with Gasteiger partial charge in [0.25, 0.3) is 5.91 Å². The van der Waals surface area contributed by atoms with Crippen molar-refractivity contribution in [3.8, 4) is 0 Å². The number of aromatic nitrogens is 1. The van der Waals surface area contributed by atoms with Crippen molar-refractivity contribution in [3.63, 3.8) is 0 Å². The van der Waals surface area contributed by atoms with Crippen molar-refractivity contribution in [2.24, 2.45) is 0 Å². The summed E-state index contributed by atoms with van der Waals surface area (Å²) in [6, 6.07) is 16.7. The third kappa shape index (κ3) is 3.21. The van der Waals surface area contributed by atoms with Crippen LogP contribution in [0.15, 0.2) is 60.8 Å². The number of hydrogen-bond donors (Lipinski definition) is 1. The van der Waals surface area contributed by atoms with Crippen LogP contribution in [0.1, 0.15) is 43.0 Å². The molecule has 1 fully saturated rings. The van der Waals surface area contributed by atoms with E-state index in [-0.39, 0.29) is 24.1 Å². The second-order valence-corrected chi connectivity index (χ2v) is 8.45. The predicted molar refractivity (Wildman–Crippen MR) is 122 cm³/mol. The Labute approximate surface area is 186 Å². The summed E-state index contributed by atoms with van der Waals surface area (Å²) in [5.74, 6) is -0.191. The number of nitrogens with zero attached hydrogens (tertiary/aromatic N) is 3. The van der Waals surface area contributed by atoms with E-state index < -0.39 is 5.66 Å². The molecule has 1 N–H and O–H groups in total. The van der Waals surface area contributed by atoms with E-state index in [2.05, 4.69) is 10.3 Å². The Morgan fingerprint density at radius 1 is 1.09 bits per heavy atom. The molecule has 162 valence electrons. The Morgan fingerprint density at radius 2 is 1.91 bits per heavy atom. The molecule has 0 aliphatic carbocycles. The average Bonchev–Trinajstić information content (AvgIpc) is 3.11. The van der Waals surface area contributed by atoms with Crippen molar-refractivity contribution < 1.29 is 14.4 Å². The van der Waals surface area contributed by atoms with Crippen LogP contribution in [0.5, 0.6) is 0 Å². The van der Waals surface area contributed by atoms with Crippen LogP contribution in [0.2, 0.25) is 0 Å². The van der Waals surface area contributed by atoms with Gasteiger partial charge in [0.05, 0.1) is 22.5 Å². The number of amides is 3. The average molecular weight is 428 g/mol. The molecule has 3 aromatic rings. The smallest absolute Gasteiger partial charge is 0.257 e. The van der Waals surface area contributed by atoms with E-state index in [4.69, 9.17) is 0 Å². The lowest BCUT2D eigenvalue weighted by Crippen LogP contribution is -2.62. The van der Waals surface area contributed by atoms with Gasteiger partial charge in [-0.05, 0) is 44.0 Å². The molecule has 3 amide bonds. The number of nitrogens with one attached hydrogen (secondary N) is 1. The zero-order valence-electron chi connectivity index (χ0n) is 17.9. The van der Waals surface area contributed by atoms with Crippen LogP contribution in [-0.2, 0) is 9.59 Å². The fraction of sp³-hybridized carbons (Fsp3) is 0.280.